The minimum Gasteiger partial charge on any atom is -0.497 e. The van der Waals surface area contributed by atoms with Crippen LogP contribution in [0.3, 0.4) is 0 Å². The number of ether oxygens (including phenoxy) is 1. The Bertz CT molecular complexity index is 709. The Hall–Kier alpha value is -2.20. The number of hydrogen-bond acceptors (Lipinski definition) is 4. The van der Waals surface area contributed by atoms with E-state index < -0.39 is 0 Å². The molecule has 0 bridgehead atoms. The minimum absolute atomic E-state index is 0.976. The van der Waals surface area contributed by atoms with E-state index in [0.29, 0.717) is 0 Å². The zero-order valence-electron chi connectivity index (χ0n) is 15.0. The molecule has 0 unspecified atom stereocenters. The monoisotopic (exact) mass is 337 g/mol. The molecule has 2 aliphatic heterocycles. The smallest absolute Gasteiger partial charge is 0.121 e. The molecule has 2 aromatic carbocycles. The van der Waals surface area contributed by atoms with Gasteiger partial charge in [0.2, 0.25) is 0 Å². The van der Waals surface area contributed by atoms with Gasteiger partial charge in [-0.2, -0.15) is 0 Å². The van der Waals surface area contributed by atoms with Gasteiger partial charge in [-0.3, -0.25) is 4.90 Å². The maximum atomic E-state index is 5.55. The molecule has 0 atom stereocenters. The van der Waals surface area contributed by atoms with Gasteiger partial charge in [-0.1, -0.05) is 30.3 Å². The van der Waals surface area contributed by atoms with Gasteiger partial charge >= 0.3 is 0 Å². The third-order valence-corrected chi connectivity index (χ3v) is 5.30. The Balaban J connectivity index is 1.47. The Morgan fingerprint density at radius 1 is 1.04 bits per heavy atom. The molecule has 2 aromatic rings. The molecular formula is C21H27N3O. The number of nitrogens with zero attached hydrogens (tertiary/aromatic N) is 2. The van der Waals surface area contributed by atoms with E-state index in [1.54, 1.807) is 7.11 Å². The SMILES string of the molecule is COc1cc2c(c(N3CCN(Cc4ccccc4)CC3)c1)NCCC2. The van der Waals surface area contributed by atoms with Crippen LogP contribution in [0.4, 0.5) is 11.4 Å². The highest BCUT2D eigenvalue weighted by atomic mass is 16.5. The summed E-state index contributed by atoms with van der Waals surface area (Å²) in [4.78, 5) is 5.06. The first-order valence-electron chi connectivity index (χ1n) is 9.29. The second-order valence-electron chi connectivity index (χ2n) is 6.96. The van der Waals surface area contributed by atoms with Gasteiger partial charge in [0.05, 0.1) is 18.5 Å². The van der Waals surface area contributed by atoms with Crippen molar-refractivity contribution in [2.24, 2.45) is 0 Å². The largest absolute Gasteiger partial charge is 0.497 e. The lowest BCUT2D eigenvalue weighted by Gasteiger charge is -2.38. The first-order valence-corrected chi connectivity index (χ1v) is 9.29. The highest BCUT2D eigenvalue weighted by Crippen LogP contribution is 2.37. The molecule has 2 heterocycles. The van der Waals surface area contributed by atoms with Crippen LogP contribution in [0.1, 0.15) is 17.5 Å². The molecule has 0 radical (unpaired) electrons. The summed E-state index contributed by atoms with van der Waals surface area (Å²) in [5, 5.41) is 3.62. The normalized spacial score (nSPS) is 17.7. The molecule has 1 saturated heterocycles. The summed E-state index contributed by atoms with van der Waals surface area (Å²) < 4.78 is 5.55. The lowest BCUT2D eigenvalue weighted by Crippen LogP contribution is -2.46. The number of anilines is 2. The zero-order chi connectivity index (χ0) is 17.1. The lowest BCUT2D eigenvalue weighted by molar-refractivity contribution is 0.250. The Kier molecular flexibility index (Phi) is 4.79. The molecule has 0 saturated carbocycles. The van der Waals surface area contributed by atoms with E-state index in [4.69, 9.17) is 4.74 Å². The molecule has 132 valence electrons. The summed E-state index contributed by atoms with van der Waals surface area (Å²) >= 11 is 0. The van der Waals surface area contributed by atoms with Crippen LogP contribution in [0.2, 0.25) is 0 Å². The van der Waals surface area contributed by atoms with Gasteiger partial charge in [-0.15, -0.1) is 0 Å². The molecule has 4 nitrogen and oxygen atoms in total. The molecule has 4 rings (SSSR count). The van der Waals surface area contributed by atoms with Crippen molar-refractivity contribution in [3.63, 3.8) is 0 Å². The molecule has 1 fully saturated rings. The molecule has 1 N–H and O–H groups in total. The fourth-order valence-corrected chi connectivity index (χ4v) is 3.91. The van der Waals surface area contributed by atoms with E-state index >= 15 is 0 Å². The van der Waals surface area contributed by atoms with Crippen LogP contribution in [0.5, 0.6) is 5.75 Å². The summed E-state index contributed by atoms with van der Waals surface area (Å²) in [6.45, 7) is 6.44. The van der Waals surface area contributed by atoms with Crippen LogP contribution in [0, 0.1) is 0 Å². The average molecular weight is 337 g/mol. The number of fused-ring (bicyclic) bond motifs is 1. The van der Waals surface area contributed by atoms with Crippen molar-refractivity contribution in [1.82, 2.24) is 4.90 Å². The van der Waals surface area contributed by atoms with Gasteiger partial charge in [-0.25, -0.2) is 0 Å². The number of hydrogen-bond donors (Lipinski definition) is 1. The van der Waals surface area contributed by atoms with E-state index in [0.717, 1.165) is 51.4 Å². The predicted octanol–water partition coefficient (Wildman–Crippen LogP) is 3.38. The fourth-order valence-electron chi connectivity index (χ4n) is 3.91. The Morgan fingerprint density at radius 2 is 1.84 bits per heavy atom. The number of aryl methyl sites for hydroxylation is 1. The van der Waals surface area contributed by atoms with E-state index in [9.17, 15) is 0 Å². The van der Waals surface area contributed by atoms with Gasteiger partial charge in [-0.05, 0) is 30.0 Å². The molecule has 0 aromatic heterocycles. The minimum atomic E-state index is 0.976. The van der Waals surface area contributed by atoms with Crippen molar-refractivity contribution in [2.75, 3.05) is 50.1 Å². The van der Waals surface area contributed by atoms with Gasteiger partial charge in [0, 0.05) is 45.3 Å². The van der Waals surface area contributed by atoms with Crippen LogP contribution in [-0.2, 0) is 13.0 Å². The van der Waals surface area contributed by atoms with E-state index in [1.807, 2.05) is 0 Å². The zero-order valence-corrected chi connectivity index (χ0v) is 15.0. The molecule has 0 aliphatic carbocycles. The summed E-state index contributed by atoms with van der Waals surface area (Å²) in [6.07, 6.45) is 2.34. The number of benzene rings is 2. The summed E-state index contributed by atoms with van der Waals surface area (Å²) in [5.41, 5.74) is 5.43. The predicted molar refractivity (Wildman–Crippen MR) is 104 cm³/mol. The Morgan fingerprint density at radius 3 is 2.60 bits per heavy atom. The first-order chi connectivity index (χ1) is 12.3. The van der Waals surface area contributed by atoms with Crippen LogP contribution >= 0.6 is 0 Å². The average Bonchev–Trinajstić information content (AvgIpc) is 2.68. The number of piperazine rings is 1. The van der Waals surface area contributed by atoms with Gasteiger partial charge < -0.3 is 15.0 Å². The van der Waals surface area contributed by atoms with Gasteiger partial charge in [0.25, 0.3) is 0 Å². The maximum Gasteiger partial charge on any atom is 0.121 e. The van der Waals surface area contributed by atoms with Gasteiger partial charge in [0.15, 0.2) is 0 Å². The molecule has 4 heteroatoms. The number of methoxy groups -OCH3 is 1. The van der Waals surface area contributed by atoms with E-state index in [1.165, 1.54) is 28.9 Å². The number of rotatable bonds is 4. The standard InChI is InChI=1S/C21H27N3O/c1-25-19-14-18-8-5-9-22-21(18)20(15-19)24-12-10-23(11-13-24)16-17-6-3-2-4-7-17/h2-4,6-7,14-15,22H,5,8-13,16H2,1H3. The second kappa shape index (κ2) is 7.36. The first kappa shape index (κ1) is 16.3. The van der Waals surface area contributed by atoms with Crippen molar-refractivity contribution in [3.8, 4) is 5.75 Å². The molecule has 2 aliphatic rings. The highest BCUT2D eigenvalue weighted by molar-refractivity contribution is 5.76. The van der Waals surface area contributed by atoms with Crippen LogP contribution in [0.25, 0.3) is 0 Å². The molecular weight excluding hydrogens is 310 g/mol. The van der Waals surface area contributed by atoms with Crippen molar-refractivity contribution in [1.29, 1.82) is 0 Å². The third kappa shape index (κ3) is 3.59. The van der Waals surface area contributed by atoms with Crippen LogP contribution < -0.4 is 15.0 Å². The number of nitrogens with one attached hydrogen (secondary N) is 1. The van der Waals surface area contributed by atoms with E-state index in [-0.39, 0.29) is 0 Å². The second-order valence-corrected chi connectivity index (χ2v) is 6.96. The quantitative estimate of drug-likeness (QED) is 0.926. The third-order valence-electron chi connectivity index (χ3n) is 5.30. The van der Waals surface area contributed by atoms with Crippen molar-refractivity contribution in [2.45, 2.75) is 19.4 Å². The maximum absolute atomic E-state index is 5.55. The fraction of sp³-hybridized carbons (Fsp3) is 0.429. The van der Waals surface area contributed by atoms with Crippen LogP contribution in [0.15, 0.2) is 42.5 Å². The van der Waals surface area contributed by atoms with E-state index in [2.05, 4.69) is 57.6 Å². The summed E-state index contributed by atoms with van der Waals surface area (Å²) in [7, 11) is 1.76. The molecule has 25 heavy (non-hydrogen) atoms. The molecule has 0 spiro atoms. The van der Waals surface area contributed by atoms with Crippen LogP contribution in [-0.4, -0.2) is 44.7 Å². The van der Waals surface area contributed by atoms with Gasteiger partial charge in [0.1, 0.15) is 5.75 Å². The Labute approximate surface area is 150 Å². The highest BCUT2D eigenvalue weighted by Gasteiger charge is 2.23. The lowest BCUT2D eigenvalue weighted by atomic mass is 10.0. The summed E-state index contributed by atoms with van der Waals surface area (Å²) in [5.74, 6) is 0.976. The van der Waals surface area contributed by atoms with Crippen molar-refractivity contribution in [3.05, 3.63) is 53.6 Å². The summed E-state index contributed by atoms with van der Waals surface area (Å²) in [6, 6.07) is 15.2. The molecule has 0 amide bonds. The van der Waals surface area contributed by atoms with Crippen molar-refractivity contribution < 1.29 is 4.74 Å². The van der Waals surface area contributed by atoms with Crippen molar-refractivity contribution >= 4 is 11.4 Å². The topological polar surface area (TPSA) is 27.7 Å².